The molecule has 0 spiro atoms. The van der Waals surface area contributed by atoms with Gasteiger partial charge in [0.05, 0.1) is 13.2 Å². The van der Waals surface area contributed by atoms with E-state index < -0.39 is 0 Å². The molecule has 4 heteroatoms. The molecule has 1 aliphatic heterocycles. The van der Waals surface area contributed by atoms with Crippen LogP contribution in [0, 0.1) is 0 Å². The molecule has 1 N–H and O–H groups in total. The third-order valence-electron chi connectivity index (χ3n) is 1.94. The van der Waals surface area contributed by atoms with Crippen LogP contribution in [0.5, 0.6) is 5.75 Å². The van der Waals surface area contributed by atoms with E-state index in [9.17, 15) is 0 Å². The Hall–Kier alpha value is -0.0600. The molecule has 0 radical (unpaired) electrons. The molecule has 0 saturated carbocycles. The second-order valence-corrected chi connectivity index (χ2v) is 2.66. The topological polar surface area (TPSA) is 38.7 Å². The molecule has 2 rings (SSSR count). The molecule has 0 atom stereocenters. The molecule has 1 aromatic rings. The molecule has 0 aromatic heterocycles. The van der Waals surface area contributed by atoms with Crippen LogP contribution in [0.3, 0.4) is 0 Å². The summed E-state index contributed by atoms with van der Waals surface area (Å²) in [4.78, 5) is 0. The van der Waals surface area contributed by atoms with E-state index in [2.05, 4.69) is 0 Å². The zero-order valence-corrected chi connectivity index (χ0v) is 9.62. The first-order valence-corrected chi connectivity index (χ1v) is 3.84. The van der Waals surface area contributed by atoms with Gasteiger partial charge >= 0.3 is 29.6 Å². The van der Waals surface area contributed by atoms with E-state index in [4.69, 9.17) is 14.6 Å². The van der Waals surface area contributed by atoms with Crippen molar-refractivity contribution >= 4 is 0 Å². The van der Waals surface area contributed by atoms with E-state index in [1.807, 2.05) is 18.2 Å². The maximum atomic E-state index is 8.98. The standard InChI is InChI=1S/C9H10O3.Na.H2.H/c10-4-7-2-1-3-9-8(7)5-11-6-12-9;;;/h1-3,10H,4-6H2;;1H;/q;+1;;-1. The van der Waals surface area contributed by atoms with Crippen LogP contribution in [0.4, 0.5) is 0 Å². The molecule has 0 unspecified atom stereocenters. The van der Waals surface area contributed by atoms with Crippen LogP contribution in [-0.4, -0.2) is 11.9 Å². The molecular weight excluding hydrogens is 179 g/mol. The average molecular weight is 192 g/mol. The Kier molecular flexibility index (Phi) is 4.22. The van der Waals surface area contributed by atoms with Crippen LogP contribution < -0.4 is 34.3 Å². The molecule has 0 saturated heterocycles. The van der Waals surface area contributed by atoms with Crippen molar-refractivity contribution in [2.45, 2.75) is 13.2 Å². The number of ether oxygens (including phenoxy) is 2. The number of aliphatic hydroxyl groups excluding tert-OH is 1. The molecule has 0 aliphatic carbocycles. The fraction of sp³-hybridized carbons (Fsp3) is 0.333. The van der Waals surface area contributed by atoms with Gasteiger partial charge in [-0.1, -0.05) is 12.1 Å². The zero-order valence-electron chi connectivity index (χ0n) is 8.62. The second-order valence-electron chi connectivity index (χ2n) is 2.66. The summed E-state index contributed by atoms with van der Waals surface area (Å²) in [6.45, 7) is 0.879. The summed E-state index contributed by atoms with van der Waals surface area (Å²) in [7, 11) is 0. The van der Waals surface area contributed by atoms with Gasteiger partial charge in [0.15, 0.2) is 6.79 Å². The van der Waals surface area contributed by atoms with Gasteiger partial charge in [0.25, 0.3) is 0 Å². The Morgan fingerprint density at radius 1 is 1.54 bits per heavy atom. The van der Waals surface area contributed by atoms with Gasteiger partial charge in [-0.3, -0.25) is 0 Å². The van der Waals surface area contributed by atoms with Crippen molar-refractivity contribution in [2.75, 3.05) is 6.79 Å². The van der Waals surface area contributed by atoms with Crippen molar-refractivity contribution in [3.8, 4) is 5.75 Å². The second kappa shape index (κ2) is 4.98. The van der Waals surface area contributed by atoms with E-state index in [0.29, 0.717) is 13.4 Å². The first-order valence-electron chi connectivity index (χ1n) is 3.84. The van der Waals surface area contributed by atoms with Gasteiger partial charge in [-0.25, -0.2) is 0 Å². The number of hydrogen-bond acceptors (Lipinski definition) is 3. The van der Waals surface area contributed by atoms with Gasteiger partial charge in [0, 0.05) is 6.99 Å². The SMILES string of the molecule is OCc1cccc2c1COCO2.[H-].[HH].[Na+]. The molecule has 3 nitrogen and oxygen atoms in total. The largest absolute Gasteiger partial charge is 1.00 e. The van der Waals surface area contributed by atoms with E-state index in [1.165, 1.54) is 0 Å². The first-order chi connectivity index (χ1) is 5.92. The van der Waals surface area contributed by atoms with Crippen molar-refractivity contribution in [1.29, 1.82) is 0 Å². The molecule has 1 heterocycles. The molecule has 0 amide bonds. The van der Waals surface area contributed by atoms with Gasteiger partial charge in [-0.2, -0.15) is 0 Å². The van der Waals surface area contributed by atoms with Crippen molar-refractivity contribution in [1.82, 2.24) is 0 Å². The normalized spacial score (nSPS) is 13.9. The fourth-order valence-corrected chi connectivity index (χ4v) is 1.31. The molecule has 68 valence electrons. The van der Waals surface area contributed by atoms with Gasteiger partial charge in [-0.15, -0.1) is 0 Å². The predicted octanol–water partition coefficient (Wildman–Crippen LogP) is -1.59. The van der Waals surface area contributed by atoms with Gasteiger partial charge in [0.1, 0.15) is 5.75 Å². The summed E-state index contributed by atoms with van der Waals surface area (Å²) < 4.78 is 10.3. The molecule has 13 heavy (non-hydrogen) atoms. The number of aliphatic hydroxyl groups is 1. The summed E-state index contributed by atoms with van der Waals surface area (Å²) >= 11 is 0. The van der Waals surface area contributed by atoms with Crippen LogP contribution in [-0.2, 0) is 18.0 Å². The number of hydrogen-bond donors (Lipinski definition) is 1. The maximum Gasteiger partial charge on any atom is 1.00 e. The minimum atomic E-state index is 0. The van der Waals surface area contributed by atoms with Crippen LogP contribution in [0.15, 0.2) is 18.2 Å². The van der Waals surface area contributed by atoms with E-state index in [0.717, 1.165) is 16.9 Å². The summed E-state index contributed by atoms with van der Waals surface area (Å²) in [5, 5.41) is 8.98. The van der Waals surface area contributed by atoms with E-state index in [-0.39, 0.29) is 39.0 Å². The number of fused-ring (bicyclic) bond motifs is 1. The Balaban J connectivity index is 0. The van der Waals surface area contributed by atoms with Crippen molar-refractivity contribution in [3.05, 3.63) is 29.3 Å². The van der Waals surface area contributed by atoms with E-state index in [1.54, 1.807) is 0 Å². The quantitative estimate of drug-likeness (QED) is 0.545. The minimum Gasteiger partial charge on any atom is -1.00 e. The van der Waals surface area contributed by atoms with E-state index >= 15 is 0 Å². The van der Waals surface area contributed by atoms with Crippen LogP contribution in [0.2, 0.25) is 0 Å². The van der Waals surface area contributed by atoms with Gasteiger partial charge in [-0.05, 0) is 11.6 Å². The molecule has 1 aliphatic rings. The summed E-state index contributed by atoms with van der Waals surface area (Å²) in [5.74, 6) is 0.827. The van der Waals surface area contributed by atoms with Crippen LogP contribution in [0.1, 0.15) is 14.0 Å². The predicted molar refractivity (Wildman–Crippen MR) is 45.9 cm³/mol. The average Bonchev–Trinajstić information content (AvgIpc) is 2.17. The Morgan fingerprint density at radius 3 is 3.15 bits per heavy atom. The monoisotopic (exact) mass is 192 g/mol. The Labute approximate surface area is 102 Å². The molecule has 0 bridgehead atoms. The third-order valence-corrected chi connectivity index (χ3v) is 1.94. The van der Waals surface area contributed by atoms with Crippen molar-refractivity contribution in [3.63, 3.8) is 0 Å². The van der Waals surface area contributed by atoms with Crippen molar-refractivity contribution in [2.24, 2.45) is 0 Å². The molecule has 0 fully saturated rings. The molecular formula is C9H13NaO3. The van der Waals surface area contributed by atoms with Gasteiger partial charge < -0.3 is 16.0 Å². The Bertz CT molecular complexity index is 282. The maximum absolute atomic E-state index is 8.98. The number of benzene rings is 1. The number of rotatable bonds is 1. The first kappa shape index (κ1) is 11.0. The Morgan fingerprint density at radius 2 is 2.38 bits per heavy atom. The summed E-state index contributed by atoms with van der Waals surface area (Å²) in [6.07, 6.45) is 0. The minimum absolute atomic E-state index is 0. The van der Waals surface area contributed by atoms with Crippen LogP contribution in [0.25, 0.3) is 0 Å². The summed E-state index contributed by atoms with van der Waals surface area (Å²) in [5.41, 5.74) is 1.85. The molecule has 1 aromatic carbocycles. The fourth-order valence-electron chi connectivity index (χ4n) is 1.31. The van der Waals surface area contributed by atoms with Crippen LogP contribution >= 0.6 is 0 Å². The summed E-state index contributed by atoms with van der Waals surface area (Å²) in [6, 6.07) is 5.63. The van der Waals surface area contributed by atoms with Crippen molar-refractivity contribution < 1.29 is 47.0 Å². The zero-order chi connectivity index (χ0) is 8.39. The smallest absolute Gasteiger partial charge is 1.00 e. The van der Waals surface area contributed by atoms with Gasteiger partial charge in [0.2, 0.25) is 0 Å². The third kappa shape index (κ3) is 2.24.